The Morgan fingerprint density at radius 2 is 1.04 bits per heavy atom. The Kier molecular flexibility index (Phi) is 19.3. The molecule has 0 aliphatic carbocycles. The number of fused-ring (bicyclic) bond motifs is 14. The molecule has 0 unspecified atom stereocenters. The van der Waals surface area contributed by atoms with Gasteiger partial charge in [0.15, 0.2) is 0 Å². The number of hydrogen-bond donors (Lipinski definition) is 0. The van der Waals surface area contributed by atoms with Crippen molar-refractivity contribution in [2.45, 2.75) is 113 Å². The normalized spacial score (nSPS) is 12.3. The van der Waals surface area contributed by atoms with E-state index < -0.39 is 0 Å². The van der Waals surface area contributed by atoms with E-state index in [0.717, 1.165) is 44.6 Å². The van der Waals surface area contributed by atoms with Crippen molar-refractivity contribution in [1.82, 2.24) is 23.6 Å². The van der Waals surface area contributed by atoms with E-state index in [1.165, 1.54) is 87.8 Å². The van der Waals surface area contributed by atoms with Crippen LogP contribution in [0.3, 0.4) is 0 Å². The van der Waals surface area contributed by atoms with Crippen molar-refractivity contribution in [3.8, 4) is 0 Å². The molecule has 0 radical (unpaired) electrons. The van der Waals surface area contributed by atoms with Crippen LogP contribution in [0, 0.1) is 20.8 Å². The standard InChI is InChI=1S/C31H32BN3.C19H15BrN2O.C12H17Br.C4H9.Li/c1-19(2)22-14-10-15-23(20(3)4)29(22)32-30-26(17-18-34(32)6)33-31-25-13-8-7-12-24(25)28-21(5)11-9-16-27(28)35(30)31;1-12-6-5-9-16-17(12)13-7-3-4-8-14(13)19-21-15(10-11-23-2)18(20)22(16)19;1-8(2)10-6-5-7-11(9(3)4)12(10)13;1-3-4-2;/h7-20H,1-6H3;3-11H,1-2H3;5-9H,1-4H3;1,3-4H2,2H3;/q;;;-1;+1/b;11-10+;;;. The number of aryl methyl sites for hydroxylation is 2. The molecule has 0 spiro atoms. The molecule has 0 bridgehead atoms. The van der Waals surface area contributed by atoms with Crippen molar-refractivity contribution in [1.29, 1.82) is 0 Å². The van der Waals surface area contributed by atoms with Crippen LogP contribution in [0.5, 0.6) is 0 Å². The second-order valence-corrected chi connectivity index (χ2v) is 22.6. The number of imidazole rings is 2. The van der Waals surface area contributed by atoms with Crippen LogP contribution in [0.15, 0.2) is 143 Å². The number of halogens is 2. The molecule has 0 atom stereocenters. The van der Waals surface area contributed by atoms with Gasteiger partial charge >= 0.3 is 25.7 Å². The fourth-order valence-corrected chi connectivity index (χ4v) is 12.4. The fourth-order valence-electron chi connectivity index (χ4n) is 10.7. The number of methoxy groups -OCH3 is 1. The van der Waals surface area contributed by atoms with E-state index in [1.807, 2.05) is 6.08 Å². The molecule has 386 valence electrons. The maximum atomic E-state index is 5.27. The summed E-state index contributed by atoms with van der Waals surface area (Å²) in [6, 6.07) is 43.6. The van der Waals surface area contributed by atoms with Gasteiger partial charge in [0.1, 0.15) is 15.9 Å². The van der Waals surface area contributed by atoms with E-state index in [4.69, 9.17) is 14.7 Å². The van der Waals surface area contributed by atoms with Crippen molar-refractivity contribution in [3.05, 3.63) is 195 Å². The van der Waals surface area contributed by atoms with Gasteiger partial charge in [-0.25, -0.2) is 9.97 Å². The van der Waals surface area contributed by atoms with Crippen molar-refractivity contribution in [2.24, 2.45) is 0 Å². The fraction of sp³-hybridized carbons (Fsp3) is 0.288. The summed E-state index contributed by atoms with van der Waals surface area (Å²) < 4.78 is 11.9. The smallest absolute Gasteiger partial charge is 0.504 e. The first kappa shape index (κ1) is 58.1. The van der Waals surface area contributed by atoms with Crippen LogP contribution in [0.25, 0.3) is 66.8 Å². The van der Waals surface area contributed by atoms with Gasteiger partial charge in [-0.15, -0.1) is 0 Å². The summed E-state index contributed by atoms with van der Waals surface area (Å²) >= 11 is 7.39. The average Bonchev–Trinajstić information content (AvgIpc) is 4.05. The molecule has 10 aromatic rings. The third-order valence-corrected chi connectivity index (χ3v) is 16.2. The topological polar surface area (TPSA) is 47.1 Å². The molecule has 1 aliphatic heterocycles. The van der Waals surface area contributed by atoms with Gasteiger partial charge in [0, 0.05) is 37.7 Å². The molecular weight excluding hydrogens is 1060 g/mol. The Morgan fingerprint density at radius 1 is 0.605 bits per heavy atom. The molecule has 1 aliphatic rings. The number of benzene rings is 6. The zero-order valence-corrected chi connectivity index (χ0v) is 50.4. The zero-order valence-electron chi connectivity index (χ0n) is 47.3. The predicted octanol–water partition coefficient (Wildman–Crippen LogP) is 14.9. The third kappa shape index (κ3) is 11.2. The first-order valence-corrected chi connectivity index (χ1v) is 28.2. The summed E-state index contributed by atoms with van der Waals surface area (Å²) in [5, 5.41) is 7.43. The van der Waals surface area contributed by atoms with Gasteiger partial charge in [-0.3, -0.25) is 4.40 Å². The van der Waals surface area contributed by atoms with Crippen LogP contribution >= 0.6 is 31.9 Å². The van der Waals surface area contributed by atoms with Crippen LogP contribution in [0.4, 0.5) is 0 Å². The second kappa shape index (κ2) is 25.3. The summed E-state index contributed by atoms with van der Waals surface area (Å²) in [6.07, 6.45) is 10.2. The number of rotatable bonds is 8. The monoisotopic (exact) mass is 1130 g/mol. The second-order valence-electron chi connectivity index (χ2n) is 21.0. The SMILES string of the molecule is CC(C)c1cccc(C(C)C)c1Br.CO/C=C/c1nc2c3ccccc3c3c(C)cccc3n2c1Br.Cc1cccc2c1c1ccccc1c1nc3c(n21)B(c1c(C(C)C)cccc1C(C)C)N(C)C=C3.[CH2-]CCC.[Li+]. The van der Waals surface area contributed by atoms with Crippen LogP contribution in [-0.4, -0.2) is 44.6 Å². The van der Waals surface area contributed by atoms with Gasteiger partial charge < -0.3 is 20.9 Å². The van der Waals surface area contributed by atoms with E-state index in [1.54, 1.807) is 13.4 Å². The minimum absolute atomic E-state index is 0. The number of aromatic nitrogens is 4. The van der Waals surface area contributed by atoms with E-state index in [9.17, 15) is 0 Å². The van der Waals surface area contributed by atoms with Crippen molar-refractivity contribution >= 4 is 117 Å². The Hall–Kier alpha value is -5.56. The molecule has 0 amide bonds. The molecule has 4 aromatic heterocycles. The minimum atomic E-state index is 0. The molecule has 5 heterocycles. The molecule has 0 fully saturated rings. The molecule has 11 rings (SSSR count). The maximum Gasteiger partial charge on any atom is 1.00 e. The number of pyridine rings is 2. The van der Waals surface area contributed by atoms with Crippen LogP contribution in [0.2, 0.25) is 0 Å². The maximum absolute atomic E-state index is 5.27. The van der Waals surface area contributed by atoms with Crippen LogP contribution < -0.4 is 29.9 Å². The molecule has 0 saturated heterocycles. The summed E-state index contributed by atoms with van der Waals surface area (Å²) in [5.41, 5.74) is 17.2. The molecule has 76 heavy (non-hydrogen) atoms. The first-order chi connectivity index (χ1) is 36.1. The van der Waals surface area contributed by atoms with Gasteiger partial charge in [0.2, 0.25) is 0 Å². The van der Waals surface area contributed by atoms with E-state index >= 15 is 0 Å². The van der Waals surface area contributed by atoms with Crippen LogP contribution in [0.1, 0.15) is 144 Å². The Morgan fingerprint density at radius 3 is 1.50 bits per heavy atom. The first-order valence-electron chi connectivity index (χ1n) is 26.7. The zero-order chi connectivity index (χ0) is 53.8. The van der Waals surface area contributed by atoms with E-state index in [0.29, 0.717) is 23.7 Å². The van der Waals surface area contributed by atoms with Crippen molar-refractivity contribution < 1.29 is 23.6 Å². The molecule has 0 saturated carbocycles. The predicted molar refractivity (Wildman–Crippen MR) is 333 cm³/mol. The number of unbranched alkanes of at least 4 members (excludes halogenated alkanes) is 1. The summed E-state index contributed by atoms with van der Waals surface area (Å²) in [4.78, 5) is 12.5. The summed E-state index contributed by atoms with van der Waals surface area (Å²) in [7, 11) is 3.84. The number of hydrogen-bond acceptors (Lipinski definition) is 4. The van der Waals surface area contributed by atoms with Gasteiger partial charge in [-0.1, -0.05) is 194 Å². The van der Waals surface area contributed by atoms with E-state index in [2.05, 4.69) is 269 Å². The minimum Gasteiger partial charge on any atom is -0.504 e. The average molecular weight is 1130 g/mol. The van der Waals surface area contributed by atoms with Crippen molar-refractivity contribution in [3.63, 3.8) is 0 Å². The van der Waals surface area contributed by atoms with Gasteiger partial charge in [-0.2, -0.15) is 6.42 Å². The largest absolute Gasteiger partial charge is 1.00 e. The molecular formula is C66H73BBr2LiN5O. The molecule has 6 aromatic carbocycles. The van der Waals surface area contributed by atoms with Gasteiger partial charge in [-0.05, 0) is 135 Å². The number of ether oxygens (including phenoxy) is 1. The van der Waals surface area contributed by atoms with E-state index in [-0.39, 0.29) is 25.7 Å². The van der Waals surface area contributed by atoms with Crippen LogP contribution in [-0.2, 0) is 4.74 Å². The van der Waals surface area contributed by atoms with Crippen molar-refractivity contribution in [2.75, 3.05) is 14.2 Å². The number of nitrogens with zero attached hydrogens (tertiary/aromatic N) is 5. The Labute approximate surface area is 481 Å². The summed E-state index contributed by atoms with van der Waals surface area (Å²) in [5.74, 6) is 2.05. The van der Waals surface area contributed by atoms with Gasteiger partial charge in [0.25, 0.3) is 0 Å². The molecule has 10 heteroatoms. The molecule has 6 nitrogen and oxygen atoms in total. The quantitative estimate of drug-likeness (QED) is 0.0658. The third-order valence-electron chi connectivity index (χ3n) is 14.5. The Balaban J connectivity index is 0.000000176. The van der Waals surface area contributed by atoms with Gasteiger partial charge in [0.05, 0.1) is 35.8 Å². The Bertz CT molecular complexity index is 3680. The molecule has 0 N–H and O–H groups in total. The summed E-state index contributed by atoms with van der Waals surface area (Å²) in [6.45, 7) is 28.3.